The summed E-state index contributed by atoms with van der Waals surface area (Å²) in [6.45, 7) is 5.60. The fourth-order valence-electron chi connectivity index (χ4n) is 4.57. The molecule has 0 saturated heterocycles. The van der Waals surface area contributed by atoms with E-state index in [1.807, 2.05) is 42.6 Å². The monoisotopic (exact) mass is 658 g/mol. The number of nitrogens with one attached hydrogen (secondary N) is 3. The standard InChI is InChI=1S/C31H37F3N8O3S/c1-18(2)37-30(45)39-26-14-21(29-38-25(17-46-29)31(32,33)34)22(15-36-26)19-7-8-20-24(13-19)42(12-11-41(5)6)16-23(27(20)43)28(44)35-9-10-40(3)4/h7-8,13-18H,9-12H2,1-6H3,(H,35,44)(H2,36,37,39,45). The Kier molecular flexibility index (Phi) is 10.8. The number of halogens is 3. The molecule has 0 aliphatic heterocycles. The third-order valence-electron chi connectivity index (χ3n) is 6.86. The molecule has 3 amide bonds. The predicted octanol–water partition coefficient (Wildman–Crippen LogP) is 4.59. The molecule has 15 heteroatoms. The average molecular weight is 659 g/mol. The van der Waals surface area contributed by atoms with E-state index >= 15 is 0 Å². The Morgan fingerprint density at radius 3 is 2.39 bits per heavy atom. The summed E-state index contributed by atoms with van der Waals surface area (Å²) in [5.74, 6) is -0.356. The number of urea groups is 1. The predicted molar refractivity (Wildman–Crippen MR) is 174 cm³/mol. The van der Waals surface area contributed by atoms with Gasteiger partial charge in [0, 0.05) is 66.5 Å². The fraction of sp³-hybridized carbons (Fsp3) is 0.387. The number of anilines is 1. The molecule has 0 bridgehead atoms. The average Bonchev–Trinajstić information content (AvgIpc) is 3.47. The number of aromatic nitrogens is 3. The number of pyridine rings is 2. The molecule has 4 rings (SSSR count). The van der Waals surface area contributed by atoms with Crippen LogP contribution in [0.2, 0.25) is 0 Å². The Balaban J connectivity index is 1.85. The van der Waals surface area contributed by atoms with Gasteiger partial charge in [0.25, 0.3) is 5.91 Å². The maximum Gasteiger partial charge on any atom is 0.434 e. The largest absolute Gasteiger partial charge is 0.434 e. The Morgan fingerprint density at radius 2 is 1.76 bits per heavy atom. The summed E-state index contributed by atoms with van der Waals surface area (Å²) < 4.78 is 42.3. The summed E-state index contributed by atoms with van der Waals surface area (Å²) in [6, 6.07) is 5.80. The van der Waals surface area contributed by atoms with Crippen LogP contribution in [0.25, 0.3) is 32.6 Å². The molecule has 0 saturated carbocycles. The molecule has 0 fully saturated rings. The second-order valence-electron chi connectivity index (χ2n) is 11.6. The smallest absolute Gasteiger partial charge is 0.351 e. The van der Waals surface area contributed by atoms with E-state index in [4.69, 9.17) is 0 Å². The molecule has 0 unspecified atom stereocenters. The first-order valence-electron chi connectivity index (χ1n) is 14.5. The van der Waals surface area contributed by atoms with Crippen molar-refractivity contribution in [2.45, 2.75) is 32.6 Å². The van der Waals surface area contributed by atoms with E-state index in [9.17, 15) is 27.6 Å². The number of carbonyl (C=O) groups excluding carboxylic acids is 2. The van der Waals surface area contributed by atoms with E-state index in [1.165, 1.54) is 12.3 Å². The quantitative estimate of drug-likeness (QED) is 0.215. The first-order chi connectivity index (χ1) is 21.6. The van der Waals surface area contributed by atoms with Crippen LogP contribution in [0.5, 0.6) is 0 Å². The van der Waals surface area contributed by atoms with E-state index < -0.39 is 29.2 Å². The van der Waals surface area contributed by atoms with Crippen LogP contribution in [-0.4, -0.2) is 90.1 Å². The zero-order valence-corrected chi connectivity index (χ0v) is 27.3. The van der Waals surface area contributed by atoms with Crippen LogP contribution in [0.15, 0.2) is 46.8 Å². The Bertz CT molecular complexity index is 1780. The van der Waals surface area contributed by atoms with Crippen molar-refractivity contribution in [3.05, 3.63) is 63.5 Å². The number of fused-ring (bicyclic) bond motifs is 1. The van der Waals surface area contributed by atoms with Gasteiger partial charge >= 0.3 is 12.2 Å². The molecule has 3 heterocycles. The normalized spacial score (nSPS) is 11.9. The Hall–Kier alpha value is -4.34. The van der Waals surface area contributed by atoms with Crippen molar-refractivity contribution in [2.75, 3.05) is 53.1 Å². The SMILES string of the molecule is CC(C)NC(=O)Nc1cc(-c2nc(C(F)(F)F)cs2)c(-c2ccc3c(=O)c(C(=O)NCCN(C)C)cn(CCN(C)C)c3c2)cn1. The van der Waals surface area contributed by atoms with Gasteiger partial charge in [0.1, 0.15) is 16.4 Å². The van der Waals surface area contributed by atoms with Crippen LogP contribution in [0.3, 0.4) is 0 Å². The molecule has 1 aromatic carbocycles. The third-order valence-corrected chi connectivity index (χ3v) is 7.74. The second-order valence-corrected chi connectivity index (χ2v) is 12.4. The van der Waals surface area contributed by atoms with Gasteiger partial charge in [0.05, 0.1) is 5.52 Å². The van der Waals surface area contributed by atoms with E-state index in [1.54, 1.807) is 38.2 Å². The van der Waals surface area contributed by atoms with E-state index in [0.29, 0.717) is 53.8 Å². The van der Waals surface area contributed by atoms with E-state index in [-0.39, 0.29) is 22.4 Å². The number of hydrogen-bond acceptors (Lipinski definition) is 8. The van der Waals surface area contributed by atoms with Crippen molar-refractivity contribution in [3.63, 3.8) is 0 Å². The molecule has 0 spiro atoms. The maximum absolute atomic E-state index is 13.5. The summed E-state index contributed by atoms with van der Waals surface area (Å²) in [5, 5.41) is 9.42. The summed E-state index contributed by atoms with van der Waals surface area (Å²) in [7, 11) is 7.57. The van der Waals surface area contributed by atoms with E-state index in [2.05, 4.69) is 25.9 Å². The number of rotatable bonds is 11. The highest BCUT2D eigenvalue weighted by atomic mass is 32.1. The molecule has 246 valence electrons. The number of hydrogen-bond donors (Lipinski definition) is 3. The molecule has 46 heavy (non-hydrogen) atoms. The van der Waals surface area contributed by atoms with Gasteiger partial charge in [-0.25, -0.2) is 14.8 Å². The van der Waals surface area contributed by atoms with Gasteiger partial charge in [-0.15, -0.1) is 11.3 Å². The van der Waals surface area contributed by atoms with Gasteiger partial charge in [-0.2, -0.15) is 13.2 Å². The molecule has 4 aromatic rings. The zero-order valence-electron chi connectivity index (χ0n) is 26.5. The highest BCUT2D eigenvalue weighted by Gasteiger charge is 2.34. The van der Waals surface area contributed by atoms with Gasteiger partial charge in [-0.05, 0) is 65.8 Å². The van der Waals surface area contributed by atoms with Crippen LogP contribution in [-0.2, 0) is 12.7 Å². The highest BCUT2D eigenvalue weighted by Crippen LogP contribution is 2.39. The van der Waals surface area contributed by atoms with Crippen LogP contribution < -0.4 is 21.4 Å². The van der Waals surface area contributed by atoms with Gasteiger partial charge in [-0.3, -0.25) is 14.9 Å². The number of thiazole rings is 1. The first-order valence-corrected chi connectivity index (χ1v) is 15.4. The van der Waals surface area contributed by atoms with Gasteiger partial charge in [0.2, 0.25) is 5.43 Å². The maximum atomic E-state index is 13.5. The minimum Gasteiger partial charge on any atom is -0.351 e. The summed E-state index contributed by atoms with van der Waals surface area (Å²) in [4.78, 5) is 51.0. The zero-order chi connectivity index (χ0) is 33.8. The summed E-state index contributed by atoms with van der Waals surface area (Å²) >= 11 is 0.815. The molecule has 0 radical (unpaired) electrons. The van der Waals surface area contributed by atoms with Crippen molar-refractivity contribution in [1.29, 1.82) is 0 Å². The molecule has 0 atom stereocenters. The van der Waals surface area contributed by atoms with Gasteiger partial charge in [0.15, 0.2) is 5.69 Å². The highest BCUT2D eigenvalue weighted by molar-refractivity contribution is 7.13. The third kappa shape index (κ3) is 8.47. The fourth-order valence-corrected chi connectivity index (χ4v) is 5.43. The lowest BCUT2D eigenvalue weighted by molar-refractivity contribution is -0.140. The molecule has 3 N–H and O–H groups in total. The van der Waals surface area contributed by atoms with Crippen LogP contribution in [0.1, 0.15) is 29.9 Å². The molecular formula is C31H37F3N8O3S. The second kappa shape index (κ2) is 14.4. The Labute approximate surface area is 268 Å². The minimum absolute atomic E-state index is 0.0117. The van der Waals surface area contributed by atoms with Crippen molar-refractivity contribution in [3.8, 4) is 21.7 Å². The topological polar surface area (TPSA) is 124 Å². The Morgan fingerprint density at radius 1 is 1.04 bits per heavy atom. The molecule has 0 aliphatic rings. The number of likely N-dealkylation sites (N-methyl/N-ethyl adjacent to an activating group) is 2. The summed E-state index contributed by atoms with van der Waals surface area (Å²) in [5.41, 5.74) is 0.388. The van der Waals surface area contributed by atoms with Crippen LogP contribution >= 0.6 is 11.3 Å². The van der Waals surface area contributed by atoms with Crippen molar-refractivity contribution in [1.82, 2.24) is 35.0 Å². The molecule has 11 nitrogen and oxygen atoms in total. The van der Waals surface area contributed by atoms with Crippen molar-refractivity contribution >= 4 is 40.0 Å². The van der Waals surface area contributed by atoms with Crippen molar-refractivity contribution < 1.29 is 22.8 Å². The lowest BCUT2D eigenvalue weighted by Crippen LogP contribution is -2.34. The van der Waals surface area contributed by atoms with Crippen LogP contribution in [0.4, 0.5) is 23.8 Å². The number of benzene rings is 1. The van der Waals surface area contributed by atoms with Gasteiger partial charge in [-0.1, -0.05) is 6.07 Å². The van der Waals surface area contributed by atoms with Crippen molar-refractivity contribution in [2.24, 2.45) is 0 Å². The lowest BCUT2D eigenvalue weighted by atomic mass is 9.99. The van der Waals surface area contributed by atoms with Gasteiger partial charge < -0.3 is 25.0 Å². The summed E-state index contributed by atoms with van der Waals surface area (Å²) in [6.07, 6.45) is -1.65. The molecule has 3 aromatic heterocycles. The number of alkyl halides is 3. The molecule has 0 aliphatic carbocycles. The van der Waals surface area contributed by atoms with E-state index in [0.717, 1.165) is 16.7 Å². The molecular weight excluding hydrogens is 621 g/mol. The minimum atomic E-state index is -4.64. The lowest BCUT2D eigenvalue weighted by Gasteiger charge is -2.18. The number of nitrogens with zero attached hydrogens (tertiary/aromatic N) is 5. The number of carbonyl (C=O) groups is 2. The van der Waals surface area contributed by atoms with Crippen LogP contribution in [0, 0.1) is 0 Å². The first kappa shape index (κ1) is 34.5. The number of amides is 3.